The van der Waals surface area contributed by atoms with E-state index in [1.54, 1.807) is 0 Å². The molecule has 0 saturated heterocycles. The molecule has 0 radical (unpaired) electrons. The van der Waals surface area contributed by atoms with Gasteiger partial charge in [-0.2, -0.15) is 0 Å². The van der Waals surface area contributed by atoms with Gasteiger partial charge in [-0.05, 0) is 147 Å². The van der Waals surface area contributed by atoms with E-state index in [1.807, 2.05) is 36.4 Å². The van der Waals surface area contributed by atoms with E-state index < -0.39 is 0 Å². The maximum Gasteiger partial charge on any atom is 0.164 e. The largest absolute Gasteiger partial charge is 0.309 e. The molecule has 120 heavy (non-hydrogen) atoms. The monoisotopic (exact) mass is 1530 g/mol. The van der Waals surface area contributed by atoms with Crippen molar-refractivity contribution in [1.82, 2.24) is 43.2 Å². The zero-order chi connectivity index (χ0) is 79.1. The Morgan fingerprint density at radius 3 is 0.858 bits per heavy atom. The van der Waals surface area contributed by atoms with Gasteiger partial charge in [-0.3, -0.25) is 0 Å². The van der Waals surface area contributed by atoms with Crippen LogP contribution in [-0.4, -0.2) is 43.2 Å². The van der Waals surface area contributed by atoms with Gasteiger partial charge in [0.2, 0.25) is 0 Å². The minimum atomic E-state index is 0.636. The van der Waals surface area contributed by atoms with E-state index in [0.29, 0.717) is 23.3 Å². The van der Waals surface area contributed by atoms with Gasteiger partial charge in [-0.25, -0.2) is 24.9 Å². The SMILES string of the molecule is c1ccc(-c2ccc(-c3nc(-c4ccccc4)cc(-c4cccc5cc(-n6c7ccccc7c7cc8c9ccccc9n(-c9ccccc9)c8cc76)ccc45)n3)cc2)cc1.c1ccc(-c2ccc(-c3nc(-c4ccccc4)nc(-c4cccc5cc(-n6c7ccccc7c7cc8c9ccccc9n(-c9ccccc9)c8cc76)ccc45)n3)cc2)cc1. The Kier molecular flexibility index (Phi) is 16.7. The summed E-state index contributed by atoms with van der Waals surface area (Å²) in [6.07, 6.45) is 0. The second kappa shape index (κ2) is 28.9. The molecule has 0 atom stereocenters. The van der Waals surface area contributed by atoms with Crippen molar-refractivity contribution in [3.05, 3.63) is 431 Å². The summed E-state index contributed by atoms with van der Waals surface area (Å²) in [4.78, 5) is 25.7. The third kappa shape index (κ3) is 12.0. The smallest absolute Gasteiger partial charge is 0.164 e. The Hall–Kier alpha value is -16.2. The van der Waals surface area contributed by atoms with E-state index in [9.17, 15) is 0 Å². The molecule has 560 valence electrons. The number of aromatic nitrogens is 9. The van der Waals surface area contributed by atoms with E-state index in [4.69, 9.17) is 24.9 Å². The van der Waals surface area contributed by atoms with Crippen LogP contribution < -0.4 is 0 Å². The van der Waals surface area contributed by atoms with Crippen LogP contribution in [0.3, 0.4) is 0 Å². The predicted molar refractivity (Wildman–Crippen MR) is 498 cm³/mol. The second-order valence-corrected chi connectivity index (χ2v) is 30.7. The van der Waals surface area contributed by atoms with E-state index in [-0.39, 0.29) is 0 Å². The van der Waals surface area contributed by atoms with Crippen LogP contribution in [0.2, 0.25) is 0 Å². The molecule has 24 aromatic rings. The molecule has 0 N–H and O–H groups in total. The molecule has 0 spiro atoms. The molecule has 0 saturated carbocycles. The second-order valence-electron chi connectivity index (χ2n) is 30.7. The summed E-state index contributed by atoms with van der Waals surface area (Å²) in [6, 6.07) is 153. The number of nitrogens with zero attached hydrogens (tertiary/aromatic N) is 9. The molecule has 18 aromatic carbocycles. The summed E-state index contributed by atoms with van der Waals surface area (Å²) in [7, 11) is 0. The van der Waals surface area contributed by atoms with Gasteiger partial charge in [0.25, 0.3) is 0 Å². The van der Waals surface area contributed by atoms with Crippen LogP contribution in [0.5, 0.6) is 0 Å². The van der Waals surface area contributed by atoms with Gasteiger partial charge < -0.3 is 18.3 Å². The number of benzene rings is 18. The van der Waals surface area contributed by atoms with Crippen LogP contribution in [-0.2, 0) is 0 Å². The molecule has 9 nitrogen and oxygen atoms in total. The van der Waals surface area contributed by atoms with Crippen molar-refractivity contribution in [3.8, 4) is 113 Å². The van der Waals surface area contributed by atoms with Crippen molar-refractivity contribution in [2.24, 2.45) is 0 Å². The minimum absolute atomic E-state index is 0.636. The Balaban J connectivity index is 0.000000140. The average Bonchev–Trinajstić information content (AvgIpc) is 1.57. The first-order chi connectivity index (χ1) is 59.5. The maximum absolute atomic E-state index is 5.27. The van der Waals surface area contributed by atoms with Crippen molar-refractivity contribution in [2.45, 2.75) is 0 Å². The molecule has 0 aliphatic rings. The Labute approximate surface area is 691 Å². The highest BCUT2D eigenvalue weighted by Gasteiger charge is 2.24. The van der Waals surface area contributed by atoms with Crippen LogP contribution in [0.25, 0.3) is 222 Å². The number of rotatable bonds is 12. The van der Waals surface area contributed by atoms with Crippen LogP contribution in [0.1, 0.15) is 0 Å². The summed E-state index contributed by atoms with van der Waals surface area (Å²) in [6.45, 7) is 0. The quantitative estimate of drug-likeness (QED) is 0.122. The van der Waals surface area contributed by atoms with Crippen molar-refractivity contribution < 1.29 is 0 Å². The molecular formula is C111H71N9. The van der Waals surface area contributed by atoms with E-state index in [0.717, 1.165) is 106 Å². The standard InChI is InChI=1S/C56H36N4.C55H35N5/c1-4-15-37(16-5-1)38-27-29-40(30-28-38)56-57-50(39-17-6-2-7-18-39)35-51(58-56)45-24-14-19-41-33-43(31-32-44(41)45)60-53-26-13-11-23-47(53)49-34-48-46-22-10-12-25-52(46)59(54(48)36-55(49)60)42-20-8-3-9-21-42;1-4-15-36(16-5-1)37-27-29-39(30-28-37)54-56-53(38-17-6-2-7-18-38)57-55(58-54)46-24-14-19-40-33-42(31-32-43(40)46)60-50-26-13-11-23-45(50)48-34-47-44-22-10-12-25-49(44)59(51(47)35-52(48)60)41-20-8-3-9-21-41/h1-36H;1-35H. The third-order valence-corrected chi connectivity index (χ3v) is 23.7. The van der Waals surface area contributed by atoms with Crippen molar-refractivity contribution in [3.63, 3.8) is 0 Å². The Bertz CT molecular complexity index is 7620. The van der Waals surface area contributed by atoms with Gasteiger partial charge in [0.05, 0.1) is 55.5 Å². The summed E-state index contributed by atoms with van der Waals surface area (Å²) in [5, 5.41) is 14.4. The Morgan fingerprint density at radius 1 is 0.142 bits per heavy atom. The molecular weight excluding hydrogens is 1460 g/mol. The molecule has 9 heteroatoms. The number of hydrogen-bond donors (Lipinski definition) is 0. The van der Waals surface area contributed by atoms with Gasteiger partial charge in [0.1, 0.15) is 0 Å². The van der Waals surface area contributed by atoms with E-state index in [1.165, 1.54) is 92.8 Å². The first kappa shape index (κ1) is 69.3. The van der Waals surface area contributed by atoms with Gasteiger partial charge in [0, 0.05) is 99.2 Å². The number of para-hydroxylation sites is 6. The molecule has 0 amide bonds. The first-order valence-corrected chi connectivity index (χ1v) is 40.7. The van der Waals surface area contributed by atoms with Crippen molar-refractivity contribution in [2.75, 3.05) is 0 Å². The topological polar surface area (TPSA) is 84.2 Å². The van der Waals surface area contributed by atoms with Gasteiger partial charge in [-0.15, -0.1) is 0 Å². The fourth-order valence-corrected chi connectivity index (χ4v) is 18.1. The van der Waals surface area contributed by atoms with Gasteiger partial charge in [0.15, 0.2) is 23.3 Å². The predicted octanol–water partition coefficient (Wildman–Crippen LogP) is 28.4. The van der Waals surface area contributed by atoms with Gasteiger partial charge in [-0.1, -0.05) is 328 Å². The minimum Gasteiger partial charge on any atom is -0.309 e. The third-order valence-electron chi connectivity index (χ3n) is 23.7. The lowest BCUT2D eigenvalue weighted by atomic mass is 9.99. The molecule has 0 bridgehead atoms. The highest BCUT2D eigenvalue weighted by atomic mass is 15.0. The van der Waals surface area contributed by atoms with Crippen molar-refractivity contribution in [1.29, 1.82) is 0 Å². The van der Waals surface area contributed by atoms with E-state index in [2.05, 4.69) is 413 Å². The zero-order valence-electron chi connectivity index (χ0n) is 65.0. The molecule has 0 aliphatic carbocycles. The van der Waals surface area contributed by atoms with E-state index >= 15 is 0 Å². The zero-order valence-corrected chi connectivity index (χ0v) is 65.0. The fourth-order valence-electron chi connectivity index (χ4n) is 18.1. The molecule has 0 aliphatic heterocycles. The van der Waals surface area contributed by atoms with Crippen LogP contribution in [0.15, 0.2) is 431 Å². The molecule has 24 rings (SSSR count). The Morgan fingerprint density at radius 2 is 0.442 bits per heavy atom. The van der Waals surface area contributed by atoms with Crippen LogP contribution in [0, 0.1) is 0 Å². The summed E-state index contributed by atoms with van der Waals surface area (Å²) >= 11 is 0. The van der Waals surface area contributed by atoms with Crippen molar-refractivity contribution >= 4 is 109 Å². The van der Waals surface area contributed by atoms with Crippen LogP contribution in [0.4, 0.5) is 0 Å². The molecule has 0 fully saturated rings. The molecule has 0 unspecified atom stereocenters. The summed E-state index contributed by atoms with van der Waals surface area (Å²) < 4.78 is 9.63. The number of hydrogen-bond acceptors (Lipinski definition) is 5. The lowest BCUT2D eigenvalue weighted by molar-refractivity contribution is 1.08. The first-order valence-electron chi connectivity index (χ1n) is 40.7. The number of fused-ring (bicyclic) bond motifs is 14. The maximum atomic E-state index is 5.27. The highest BCUT2D eigenvalue weighted by Crippen LogP contribution is 2.45. The fraction of sp³-hybridized carbons (Fsp3) is 0. The normalized spacial score (nSPS) is 11.7. The average molecular weight is 1530 g/mol. The lowest BCUT2D eigenvalue weighted by Crippen LogP contribution is -2.01. The highest BCUT2D eigenvalue weighted by molar-refractivity contribution is 6.21. The van der Waals surface area contributed by atoms with Gasteiger partial charge >= 0.3 is 0 Å². The molecule has 6 aromatic heterocycles. The summed E-state index contributed by atoms with van der Waals surface area (Å²) in [5.41, 5.74) is 26.3. The summed E-state index contributed by atoms with van der Waals surface area (Å²) in [5.74, 6) is 2.61. The van der Waals surface area contributed by atoms with Crippen LogP contribution >= 0.6 is 0 Å². The lowest BCUT2D eigenvalue weighted by Gasteiger charge is -2.14. The molecule has 6 heterocycles.